The Morgan fingerprint density at radius 3 is 3.07 bits per heavy atom. The predicted octanol–water partition coefficient (Wildman–Crippen LogP) is 2.14. The normalized spacial score (nSPS) is 24.0. The summed E-state index contributed by atoms with van der Waals surface area (Å²) in [5.41, 5.74) is 3.09. The van der Waals surface area contributed by atoms with E-state index < -0.39 is 0 Å². The molecule has 2 atom stereocenters. The van der Waals surface area contributed by atoms with E-state index in [1.54, 1.807) is 11.3 Å². The van der Waals surface area contributed by atoms with Crippen LogP contribution in [0.1, 0.15) is 29.5 Å². The Balaban J connectivity index is 2.12. The fourth-order valence-corrected chi connectivity index (χ4v) is 3.22. The molecule has 0 bridgehead atoms. The number of nitrogens with zero attached hydrogens (tertiary/aromatic N) is 1. The van der Waals surface area contributed by atoms with Crippen molar-refractivity contribution in [1.82, 2.24) is 10.3 Å². The predicted molar refractivity (Wildman–Crippen MR) is 62.2 cm³/mol. The Bertz CT molecular complexity index is 307. The molecule has 2 rings (SSSR count). The van der Waals surface area contributed by atoms with Crippen LogP contribution in [0.5, 0.6) is 0 Å². The summed E-state index contributed by atoms with van der Waals surface area (Å²) in [5, 5.41) is 3.41. The van der Waals surface area contributed by atoms with Crippen molar-refractivity contribution in [1.29, 1.82) is 0 Å². The molecule has 1 fully saturated rings. The van der Waals surface area contributed by atoms with Gasteiger partial charge in [-0.05, 0) is 26.8 Å². The summed E-state index contributed by atoms with van der Waals surface area (Å²) in [6.07, 6.45) is 2.43. The lowest BCUT2D eigenvalue weighted by molar-refractivity contribution is 0.0406. The van der Waals surface area contributed by atoms with Crippen LogP contribution in [-0.2, 0) is 4.74 Å². The van der Waals surface area contributed by atoms with Crippen LogP contribution in [0.3, 0.4) is 0 Å². The molecular formula is C11H18N2OS. The third-order valence-electron chi connectivity index (χ3n) is 3.04. The minimum atomic E-state index is 0.415. The highest BCUT2D eigenvalue weighted by Crippen LogP contribution is 2.32. The molecule has 1 N–H and O–H groups in total. The van der Waals surface area contributed by atoms with E-state index in [0.717, 1.165) is 18.9 Å². The van der Waals surface area contributed by atoms with Crippen molar-refractivity contribution in [3.63, 3.8) is 0 Å². The van der Waals surface area contributed by atoms with Crippen LogP contribution in [0.4, 0.5) is 0 Å². The van der Waals surface area contributed by atoms with Gasteiger partial charge in [-0.1, -0.05) is 0 Å². The molecule has 1 aromatic rings. The summed E-state index contributed by atoms with van der Waals surface area (Å²) >= 11 is 1.75. The van der Waals surface area contributed by atoms with Gasteiger partial charge < -0.3 is 10.1 Å². The fraction of sp³-hybridized carbons (Fsp3) is 0.727. The number of hydrogen-bond donors (Lipinski definition) is 1. The number of thiazole rings is 1. The highest BCUT2D eigenvalue weighted by atomic mass is 32.1. The monoisotopic (exact) mass is 226 g/mol. The van der Waals surface area contributed by atoms with Crippen LogP contribution in [-0.4, -0.2) is 25.2 Å². The van der Waals surface area contributed by atoms with Crippen LogP contribution < -0.4 is 5.32 Å². The Hall–Kier alpha value is -0.450. The van der Waals surface area contributed by atoms with Crippen molar-refractivity contribution in [2.24, 2.45) is 5.92 Å². The second kappa shape index (κ2) is 5.05. The standard InChI is InChI=1S/C11H18N2OS/c1-8-11(15-7-13-8)10(12-2)9-4-3-5-14-6-9/h7,9-10,12H,3-6H2,1-2H3. The van der Waals surface area contributed by atoms with E-state index in [1.807, 2.05) is 12.6 Å². The van der Waals surface area contributed by atoms with Crippen molar-refractivity contribution in [2.45, 2.75) is 25.8 Å². The number of ether oxygens (including phenoxy) is 1. The molecule has 15 heavy (non-hydrogen) atoms. The number of hydrogen-bond acceptors (Lipinski definition) is 4. The summed E-state index contributed by atoms with van der Waals surface area (Å²) < 4.78 is 5.55. The summed E-state index contributed by atoms with van der Waals surface area (Å²) in [6, 6.07) is 0.415. The van der Waals surface area contributed by atoms with E-state index in [-0.39, 0.29) is 0 Å². The van der Waals surface area contributed by atoms with Crippen LogP contribution in [0, 0.1) is 12.8 Å². The zero-order valence-corrected chi connectivity index (χ0v) is 10.1. The SMILES string of the molecule is CNC(c1scnc1C)C1CCCOC1. The van der Waals surface area contributed by atoms with E-state index in [1.165, 1.54) is 17.7 Å². The molecule has 0 saturated carbocycles. The van der Waals surface area contributed by atoms with Gasteiger partial charge in [0.2, 0.25) is 0 Å². The Kier molecular flexibility index (Phi) is 3.72. The molecule has 1 saturated heterocycles. The van der Waals surface area contributed by atoms with Crippen molar-refractivity contribution in [3.8, 4) is 0 Å². The maximum atomic E-state index is 5.55. The summed E-state index contributed by atoms with van der Waals surface area (Å²) in [6.45, 7) is 3.89. The van der Waals surface area contributed by atoms with Gasteiger partial charge in [-0.2, -0.15) is 0 Å². The number of nitrogens with one attached hydrogen (secondary N) is 1. The molecule has 0 spiro atoms. The zero-order chi connectivity index (χ0) is 10.7. The largest absolute Gasteiger partial charge is 0.381 e. The van der Waals surface area contributed by atoms with Gasteiger partial charge in [-0.25, -0.2) is 4.98 Å². The van der Waals surface area contributed by atoms with E-state index in [9.17, 15) is 0 Å². The summed E-state index contributed by atoms with van der Waals surface area (Å²) in [7, 11) is 2.03. The quantitative estimate of drug-likeness (QED) is 0.857. The highest BCUT2D eigenvalue weighted by Gasteiger charge is 2.26. The maximum Gasteiger partial charge on any atom is 0.0798 e. The molecule has 1 aromatic heterocycles. The average Bonchev–Trinajstić information content (AvgIpc) is 2.68. The molecule has 84 valence electrons. The molecule has 3 nitrogen and oxygen atoms in total. The van der Waals surface area contributed by atoms with Crippen molar-refractivity contribution >= 4 is 11.3 Å². The lowest BCUT2D eigenvalue weighted by Crippen LogP contribution is -2.31. The summed E-state index contributed by atoms with van der Waals surface area (Å²) in [4.78, 5) is 5.69. The molecule has 2 heterocycles. The maximum absolute atomic E-state index is 5.55. The molecule has 4 heteroatoms. The third-order valence-corrected chi connectivity index (χ3v) is 4.06. The third kappa shape index (κ3) is 2.38. The number of aryl methyl sites for hydroxylation is 1. The van der Waals surface area contributed by atoms with Crippen LogP contribution >= 0.6 is 11.3 Å². The first kappa shape index (κ1) is 11.0. The van der Waals surface area contributed by atoms with Crippen molar-refractivity contribution in [2.75, 3.05) is 20.3 Å². The first-order valence-electron chi connectivity index (χ1n) is 5.48. The summed E-state index contributed by atoms with van der Waals surface area (Å²) in [5.74, 6) is 0.600. The number of aromatic nitrogens is 1. The molecule has 2 unspecified atom stereocenters. The Morgan fingerprint density at radius 2 is 2.53 bits per heavy atom. The van der Waals surface area contributed by atoms with Crippen LogP contribution in [0.15, 0.2) is 5.51 Å². The molecule has 0 aliphatic carbocycles. The van der Waals surface area contributed by atoms with Crippen molar-refractivity contribution < 1.29 is 4.74 Å². The minimum absolute atomic E-state index is 0.415. The first-order valence-corrected chi connectivity index (χ1v) is 6.36. The first-order chi connectivity index (χ1) is 7.33. The van der Waals surface area contributed by atoms with Gasteiger partial charge in [-0.3, -0.25) is 0 Å². The van der Waals surface area contributed by atoms with E-state index in [0.29, 0.717) is 12.0 Å². The topological polar surface area (TPSA) is 34.2 Å². The van der Waals surface area contributed by atoms with Gasteiger partial charge in [0.15, 0.2) is 0 Å². The second-order valence-corrected chi connectivity index (χ2v) is 4.93. The van der Waals surface area contributed by atoms with E-state index in [4.69, 9.17) is 4.74 Å². The van der Waals surface area contributed by atoms with E-state index in [2.05, 4.69) is 17.2 Å². The minimum Gasteiger partial charge on any atom is -0.381 e. The Morgan fingerprint density at radius 1 is 1.67 bits per heavy atom. The highest BCUT2D eigenvalue weighted by molar-refractivity contribution is 7.09. The molecule has 0 radical (unpaired) electrons. The van der Waals surface area contributed by atoms with Gasteiger partial charge in [0.1, 0.15) is 0 Å². The van der Waals surface area contributed by atoms with Gasteiger partial charge in [-0.15, -0.1) is 11.3 Å². The second-order valence-electron chi connectivity index (χ2n) is 4.05. The zero-order valence-electron chi connectivity index (χ0n) is 9.32. The van der Waals surface area contributed by atoms with Gasteiger partial charge in [0.25, 0.3) is 0 Å². The molecule has 0 amide bonds. The molecule has 0 aromatic carbocycles. The Labute approximate surface area is 94.9 Å². The van der Waals surface area contributed by atoms with Crippen LogP contribution in [0.25, 0.3) is 0 Å². The molecular weight excluding hydrogens is 208 g/mol. The lowest BCUT2D eigenvalue weighted by atomic mass is 9.92. The lowest BCUT2D eigenvalue weighted by Gasteiger charge is -2.29. The number of rotatable bonds is 3. The van der Waals surface area contributed by atoms with Gasteiger partial charge in [0, 0.05) is 23.4 Å². The molecule has 1 aliphatic heterocycles. The van der Waals surface area contributed by atoms with E-state index >= 15 is 0 Å². The van der Waals surface area contributed by atoms with Gasteiger partial charge >= 0.3 is 0 Å². The van der Waals surface area contributed by atoms with Crippen molar-refractivity contribution in [3.05, 3.63) is 16.1 Å². The average molecular weight is 226 g/mol. The fourth-order valence-electron chi connectivity index (χ4n) is 2.22. The molecule has 1 aliphatic rings. The van der Waals surface area contributed by atoms with Gasteiger partial charge in [0.05, 0.1) is 17.8 Å². The van der Waals surface area contributed by atoms with Crippen LogP contribution in [0.2, 0.25) is 0 Å². The smallest absolute Gasteiger partial charge is 0.0798 e.